The van der Waals surface area contributed by atoms with E-state index in [1.807, 2.05) is 0 Å². The fraction of sp³-hybridized carbons (Fsp3) is 0.0667. The molecule has 0 fully saturated rings. The second-order valence-corrected chi connectivity index (χ2v) is 3.94. The monoisotopic (exact) mass is 256 g/mol. The zero-order chi connectivity index (χ0) is 13.8. The van der Waals surface area contributed by atoms with Crippen LogP contribution in [0, 0.1) is 0 Å². The van der Waals surface area contributed by atoms with Crippen molar-refractivity contribution in [1.82, 2.24) is 0 Å². The lowest BCUT2D eigenvalue weighted by Crippen LogP contribution is -2.04. The highest BCUT2D eigenvalue weighted by molar-refractivity contribution is 6.09. The number of methoxy groups -OCH3 is 1. The van der Waals surface area contributed by atoms with Crippen LogP contribution in [0.4, 0.5) is 0 Å². The van der Waals surface area contributed by atoms with Gasteiger partial charge < -0.3 is 9.84 Å². The maximum Gasteiger partial charge on any atom is 0.337 e. The second-order valence-electron chi connectivity index (χ2n) is 3.94. The van der Waals surface area contributed by atoms with Gasteiger partial charge in [0.15, 0.2) is 5.78 Å². The van der Waals surface area contributed by atoms with Crippen molar-refractivity contribution in [3.63, 3.8) is 0 Å². The molecule has 4 heteroatoms. The predicted molar refractivity (Wildman–Crippen MR) is 69.3 cm³/mol. The molecule has 0 spiro atoms. The summed E-state index contributed by atoms with van der Waals surface area (Å²) in [5.41, 5.74) is 1.34. The van der Waals surface area contributed by atoms with Crippen LogP contribution in [0.25, 0.3) is 0 Å². The molecule has 0 bridgehead atoms. The van der Waals surface area contributed by atoms with Gasteiger partial charge in [-0.05, 0) is 36.4 Å². The number of rotatable bonds is 3. The molecule has 0 aliphatic heterocycles. The zero-order valence-electron chi connectivity index (χ0n) is 10.3. The summed E-state index contributed by atoms with van der Waals surface area (Å²) >= 11 is 0. The van der Waals surface area contributed by atoms with E-state index in [0.29, 0.717) is 16.7 Å². The fourth-order valence-electron chi connectivity index (χ4n) is 1.66. The maximum atomic E-state index is 12.1. The molecule has 0 aromatic heterocycles. The molecule has 0 aliphatic rings. The molecule has 0 saturated heterocycles. The Labute approximate surface area is 110 Å². The number of benzene rings is 2. The van der Waals surface area contributed by atoms with Crippen molar-refractivity contribution in [3.8, 4) is 5.75 Å². The van der Waals surface area contributed by atoms with E-state index in [1.165, 1.54) is 19.2 Å². The first-order valence-electron chi connectivity index (χ1n) is 5.64. The summed E-state index contributed by atoms with van der Waals surface area (Å²) in [6.07, 6.45) is 0. The first-order valence-corrected chi connectivity index (χ1v) is 5.64. The molecule has 1 N–H and O–H groups in total. The molecular formula is C15H12O4. The van der Waals surface area contributed by atoms with E-state index >= 15 is 0 Å². The molecule has 0 unspecified atom stereocenters. The summed E-state index contributed by atoms with van der Waals surface area (Å²) in [5, 5.41) is 9.17. The van der Waals surface area contributed by atoms with Crippen LogP contribution in [0.1, 0.15) is 26.3 Å². The molecule has 0 aliphatic carbocycles. The van der Waals surface area contributed by atoms with Crippen molar-refractivity contribution in [1.29, 1.82) is 0 Å². The first kappa shape index (κ1) is 12.8. The van der Waals surface area contributed by atoms with Gasteiger partial charge in [0.05, 0.1) is 12.7 Å². The molecule has 2 aromatic rings. The Morgan fingerprint density at radius 3 is 1.74 bits per heavy atom. The standard InChI is InChI=1S/C15H12O4/c1-19-15(18)12-4-2-10(3-5-12)14(17)11-6-8-13(16)9-7-11/h2-9,16H,1H3. The van der Waals surface area contributed by atoms with Gasteiger partial charge in [-0.2, -0.15) is 0 Å². The normalized spacial score (nSPS) is 9.95. The molecular weight excluding hydrogens is 244 g/mol. The van der Waals surface area contributed by atoms with Gasteiger partial charge in [0.25, 0.3) is 0 Å². The molecule has 0 saturated carbocycles. The van der Waals surface area contributed by atoms with Gasteiger partial charge >= 0.3 is 5.97 Å². The van der Waals surface area contributed by atoms with Gasteiger partial charge in [0, 0.05) is 11.1 Å². The molecule has 0 heterocycles. The quantitative estimate of drug-likeness (QED) is 0.676. The molecule has 2 rings (SSSR count). The van der Waals surface area contributed by atoms with Crippen molar-refractivity contribution in [2.75, 3.05) is 7.11 Å². The topological polar surface area (TPSA) is 63.6 Å². The van der Waals surface area contributed by atoms with Crippen LogP contribution in [0.15, 0.2) is 48.5 Å². The van der Waals surface area contributed by atoms with Gasteiger partial charge in [-0.3, -0.25) is 4.79 Å². The molecule has 0 radical (unpaired) electrons. The lowest BCUT2D eigenvalue weighted by molar-refractivity contribution is 0.0600. The average molecular weight is 256 g/mol. The number of ketones is 1. The van der Waals surface area contributed by atoms with E-state index in [-0.39, 0.29) is 11.5 Å². The second kappa shape index (κ2) is 5.35. The van der Waals surface area contributed by atoms with Gasteiger partial charge in [0.1, 0.15) is 5.75 Å². The number of ether oxygens (including phenoxy) is 1. The Morgan fingerprint density at radius 1 is 0.842 bits per heavy atom. The highest BCUT2D eigenvalue weighted by Crippen LogP contribution is 2.15. The number of phenols is 1. The molecule has 0 amide bonds. The third-order valence-electron chi connectivity index (χ3n) is 2.70. The van der Waals surface area contributed by atoms with Crippen LogP contribution >= 0.6 is 0 Å². The van der Waals surface area contributed by atoms with Crippen molar-refractivity contribution in [2.45, 2.75) is 0 Å². The highest BCUT2D eigenvalue weighted by Gasteiger charge is 2.10. The Morgan fingerprint density at radius 2 is 1.26 bits per heavy atom. The van der Waals surface area contributed by atoms with Gasteiger partial charge in [-0.25, -0.2) is 4.79 Å². The molecule has 19 heavy (non-hydrogen) atoms. The third-order valence-corrected chi connectivity index (χ3v) is 2.70. The summed E-state index contributed by atoms with van der Waals surface area (Å²) in [6.45, 7) is 0. The van der Waals surface area contributed by atoms with Crippen LogP contribution in [0.3, 0.4) is 0 Å². The fourth-order valence-corrected chi connectivity index (χ4v) is 1.66. The zero-order valence-corrected chi connectivity index (χ0v) is 10.3. The third kappa shape index (κ3) is 2.80. The van der Waals surface area contributed by atoms with Crippen LogP contribution in [0.5, 0.6) is 5.75 Å². The number of carbonyl (C=O) groups is 2. The summed E-state index contributed by atoms with van der Waals surface area (Å²) < 4.78 is 4.58. The number of aromatic hydroxyl groups is 1. The molecule has 4 nitrogen and oxygen atoms in total. The Balaban J connectivity index is 2.25. The molecule has 0 atom stereocenters. The van der Waals surface area contributed by atoms with Crippen molar-refractivity contribution >= 4 is 11.8 Å². The van der Waals surface area contributed by atoms with Gasteiger partial charge in [-0.15, -0.1) is 0 Å². The van der Waals surface area contributed by atoms with Crippen LogP contribution < -0.4 is 0 Å². The Bertz CT molecular complexity index is 597. The molecule has 96 valence electrons. The smallest absolute Gasteiger partial charge is 0.337 e. The summed E-state index contributed by atoms with van der Waals surface area (Å²) in [4.78, 5) is 23.4. The average Bonchev–Trinajstić information content (AvgIpc) is 2.46. The Kier molecular flexibility index (Phi) is 3.61. The minimum Gasteiger partial charge on any atom is -0.508 e. The van der Waals surface area contributed by atoms with E-state index in [9.17, 15) is 14.7 Å². The lowest BCUT2D eigenvalue weighted by Gasteiger charge is -2.03. The van der Waals surface area contributed by atoms with Gasteiger partial charge in [-0.1, -0.05) is 12.1 Å². The first-order chi connectivity index (χ1) is 9.11. The summed E-state index contributed by atoms with van der Waals surface area (Å²) in [6, 6.07) is 12.2. The lowest BCUT2D eigenvalue weighted by atomic mass is 10.0. The number of hydrogen-bond acceptors (Lipinski definition) is 4. The number of esters is 1. The van der Waals surface area contributed by atoms with Crippen LogP contribution in [0.2, 0.25) is 0 Å². The van der Waals surface area contributed by atoms with E-state index < -0.39 is 5.97 Å². The van der Waals surface area contributed by atoms with E-state index in [2.05, 4.69) is 4.74 Å². The largest absolute Gasteiger partial charge is 0.508 e. The van der Waals surface area contributed by atoms with Gasteiger partial charge in [0.2, 0.25) is 0 Å². The summed E-state index contributed by atoms with van der Waals surface area (Å²) in [5.74, 6) is -0.502. The van der Waals surface area contributed by atoms with E-state index in [4.69, 9.17) is 0 Å². The van der Waals surface area contributed by atoms with Crippen LogP contribution in [-0.2, 0) is 4.74 Å². The van der Waals surface area contributed by atoms with E-state index in [1.54, 1.807) is 36.4 Å². The van der Waals surface area contributed by atoms with Crippen molar-refractivity contribution < 1.29 is 19.4 Å². The minimum absolute atomic E-state index is 0.109. The number of hydrogen-bond donors (Lipinski definition) is 1. The number of phenolic OH excluding ortho intramolecular Hbond substituents is 1. The maximum absolute atomic E-state index is 12.1. The van der Waals surface area contributed by atoms with E-state index in [0.717, 1.165) is 0 Å². The van der Waals surface area contributed by atoms with Crippen molar-refractivity contribution in [3.05, 3.63) is 65.2 Å². The predicted octanol–water partition coefficient (Wildman–Crippen LogP) is 2.41. The minimum atomic E-state index is -0.441. The van der Waals surface area contributed by atoms with Crippen LogP contribution in [-0.4, -0.2) is 24.0 Å². The SMILES string of the molecule is COC(=O)c1ccc(C(=O)c2ccc(O)cc2)cc1. The number of carbonyl (C=O) groups excluding carboxylic acids is 2. The Hall–Kier alpha value is -2.62. The van der Waals surface area contributed by atoms with Crippen molar-refractivity contribution in [2.24, 2.45) is 0 Å². The highest BCUT2D eigenvalue weighted by atomic mass is 16.5. The molecule has 2 aromatic carbocycles. The summed E-state index contributed by atoms with van der Waals surface area (Å²) in [7, 11) is 1.30.